The Kier molecular flexibility index (Phi) is 6.50. The van der Waals surface area contributed by atoms with E-state index in [9.17, 15) is 4.79 Å². The van der Waals surface area contributed by atoms with Gasteiger partial charge < -0.3 is 13.9 Å². The Bertz CT molecular complexity index is 1520. The summed E-state index contributed by atoms with van der Waals surface area (Å²) < 4.78 is 17.9. The molecule has 0 atom stereocenters. The van der Waals surface area contributed by atoms with E-state index in [4.69, 9.17) is 13.9 Å². The third-order valence-electron chi connectivity index (χ3n) is 5.48. The molecule has 0 saturated heterocycles. The van der Waals surface area contributed by atoms with Gasteiger partial charge in [0.05, 0.1) is 17.8 Å². The van der Waals surface area contributed by atoms with Gasteiger partial charge in [0.2, 0.25) is 0 Å². The molecule has 35 heavy (non-hydrogen) atoms. The molecule has 7 heteroatoms. The van der Waals surface area contributed by atoms with Crippen LogP contribution in [0.2, 0.25) is 0 Å². The lowest BCUT2D eigenvalue weighted by Gasteiger charge is -2.14. The third kappa shape index (κ3) is 5.05. The first-order valence-electron chi connectivity index (χ1n) is 10.9. The van der Waals surface area contributed by atoms with Gasteiger partial charge in [-0.05, 0) is 68.2 Å². The first-order chi connectivity index (χ1) is 17.1. The van der Waals surface area contributed by atoms with Crippen LogP contribution in [0, 0.1) is 0 Å². The molecule has 0 spiro atoms. The van der Waals surface area contributed by atoms with Crippen LogP contribution in [0.4, 0.5) is 0 Å². The second-order valence-electron chi connectivity index (χ2n) is 7.85. The number of nitrogens with one attached hydrogen (secondary N) is 1. The van der Waals surface area contributed by atoms with Gasteiger partial charge in [-0.25, -0.2) is 5.43 Å². The van der Waals surface area contributed by atoms with Crippen molar-refractivity contribution in [2.45, 2.75) is 6.61 Å². The highest BCUT2D eigenvalue weighted by Gasteiger charge is 2.13. The van der Waals surface area contributed by atoms with Crippen LogP contribution in [0.15, 0.2) is 98.9 Å². The molecule has 1 aromatic heterocycles. The minimum absolute atomic E-state index is 0.194. The minimum atomic E-state index is -0.432. The maximum absolute atomic E-state index is 12.4. The number of furan rings is 1. The number of hydrazone groups is 1. The van der Waals surface area contributed by atoms with E-state index in [1.807, 2.05) is 42.5 Å². The number of benzene rings is 4. The molecule has 4 aromatic carbocycles. The number of amides is 1. The zero-order chi connectivity index (χ0) is 24.2. The molecule has 0 radical (unpaired) electrons. The molecule has 0 fully saturated rings. The van der Waals surface area contributed by atoms with Crippen molar-refractivity contribution < 1.29 is 18.7 Å². The van der Waals surface area contributed by atoms with Gasteiger partial charge in [0, 0.05) is 5.39 Å². The van der Waals surface area contributed by atoms with E-state index in [2.05, 4.69) is 56.8 Å². The lowest BCUT2D eigenvalue weighted by molar-refractivity contribution is 0.0929. The zero-order valence-electron chi connectivity index (χ0n) is 18.8. The second kappa shape index (κ2) is 10.0. The van der Waals surface area contributed by atoms with Crippen LogP contribution in [0.5, 0.6) is 11.5 Å². The predicted molar refractivity (Wildman–Crippen MR) is 140 cm³/mol. The molecule has 0 bridgehead atoms. The number of hydrogen-bond acceptors (Lipinski definition) is 5. The molecular weight excluding hydrogens is 508 g/mol. The van der Waals surface area contributed by atoms with E-state index in [1.165, 1.54) is 11.6 Å². The number of carbonyl (C=O) groups excluding carboxylic acids is 1. The molecule has 6 nitrogen and oxygen atoms in total. The van der Waals surface area contributed by atoms with Crippen LogP contribution < -0.4 is 14.9 Å². The standard InChI is InChI=1S/C28H21BrN2O4/c1-33-25-14-19(16-30-31-28(32)26-15-22-8-4-5-9-24(22)35-26)13-23(29)27(25)34-17-18-10-11-20-6-2-3-7-21(20)12-18/h2-16H,17H2,1H3,(H,31,32)/b30-16+. The van der Waals surface area contributed by atoms with Crippen molar-refractivity contribution in [3.05, 3.63) is 106 Å². The smallest absolute Gasteiger partial charge is 0.307 e. The van der Waals surface area contributed by atoms with Crippen molar-refractivity contribution in [3.63, 3.8) is 0 Å². The van der Waals surface area contributed by atoms with Crippen molar-refractivity contribution >= 4 is 49.8 Å². The van der Waals surface area contributed by atoms with E-state index in [-0.39, 0.29) is 5.76 Å². The molecule has 174 valence electrons. The fourth-order valence-corrected chi connectivity index (χ4v) is 4.33. The van der Waals surface area contributed by atoms with E-state index in [1.54, 1.807) is 19.2 Å². The Morgan fingerprint density at radius 2 is 1.74 bits per heavy atom. The van der Waals surface area contributed by atoms with Crippen molar-refractivity contribution in [2.24, 2.45) is 5.10 Å². The lowest BCUT2D eigenvalue weighted by atomic mass is 10.1. The van der Waals surface area contributed by atoms with Gasteiger partial charge in [-0.1, -0.05) is 54.6 Å². The number of methoxy groups -OCH3 is 1. The van der Waals surface area contributed by atoms with Crippen LogP contribution in [0.25, 0.3) is 21.7 Å². The number of ether oxygens (including phenoxy) is 2. The first kappa shape index (κ1) is 22.7. The SMILES string of the molecule is COc1cc(/C=N/NC(=O)c2cc3ccccc3o2)cc(Br)c1OCc1ccc2ccccc2c1. The van der Waals surface area contributed by atoms with Crippen LogP contribution in [0.1, 0.15) is 21.7 Å². The van der Waals surface area contributed by atoms with Crippen LogP contribution in [-0.4, -0.2) is 19.2 Å². The van der Waals surface area contributed by atoms with Crippen molar-refractivity contribution in [1.82, 2.24) is 5.43 Å². The number of carbonyl (C=O) groups is 1. The van der Waals surface area contributed by atoms with Gasteiger partial charge in [0.25, 0.3) is 0 Å². The topological polar surface area (TPSA) is 73.1 Å². The van der Waals surface area contributed by atoms with E-state index < -0.39 is 5.91 Å². The number of fused-ring (bicyclic) bond motifs is 2. The summed E-state index contributed by atoms with van der Waals surface area (Å²) in [5.74, 6) is 0.896. The largest absolute Gasteiger partial charge is 0.493 e. The summed E-state index contributed by atoms with van der Waals surface area (Å²) in [5.41, 5.74) is 4.91. The Morgan fingerprint density at radius 3 is 2.54 bits per heavy atom. The fraction of sp³-hybridized carbons (Fsp3) is 0.0714. The van der Waals surface area contributed by atoms with Gasteiger partial charge in [0.15, 0.2) is 17.3 Å². The molecule has 1 heterocycles. The maximum atomic E-state index is 12.4. The average Bonchev–Trinajstić information content (AvgIpc) is 3.32. The molecule has 0 aliphatic carbocycles. The van der Waals surface area contributed by atoms with Crippen LogP contribution >= 0.6 is 15.9 Å². The highest BCUT2D eigenvalue weighted by Crippen LogP contribution is 2.37. The van der Waals surface area contributed by atoms with E-state index in [0.717, 1.165) is 21.9 Å². The lowest BCUT2D eigenvalue weighted by Crippen LogP contribution is -2.16. The fourth-order valence-electron chi connectivity index (χ4n) is 3.75. The highest BCUT2D eigenvalue weighted by atomic mass is 79.9. The van der Waals surface area contributed by atoms with E-state index in [0.29, 0.717) is 28.2 Å². The van der Waals surface area contributed by atoms with Crippen molar-refractivity contribution in [2.75, 3.05) is 7.11 Å². The number of hydrogen-bond donors (Lipinski definition) is 1. The van der Waals surface area contributed by atoms with Crippen LogP contribution in [0.3, 0.4) is 0 Å². The number of rotatable bonds is 7. The molecule has 0 aliphatic rings. The van der Waals surface area contributed by atoms with Crippen molar-refractivity contribution in [3.8, 4) is 11.5 Å². The first-order valence-corrected chi connectivity index (χ1v) is 11.7. The van der Waals surface area contributed by atoms with Gasteiger partial charge in [0.1, 0.15) is 12.2 Å². The molecule has 0 saturated carbocycles. The summed E-state index contributed by atoms with van der Waals surface area (Å²) in [6.07, 6.45) is 1.53. The normalized spacial score (nSPS) is 11.3. The molecular formula is C28H21BrN2O4. The number of nitrogens with zero attached hydrogens (tertiary/aromatic N) is 1. The Balaban J connectivity index is 1.27. The molecule has 5 aromatic rings. The summed E-state index contributed by atoms with van der Waals surface area (Å²) in [4.78, 5) is 12.4. The molecule has 0 aliphatic heterocycles. The number of halogens is 1. The van der Waals surface area contributed by atoms with Gasteiger partial charge >= 0.3 is 5.91 Å². The summed E-state index contributed by atoms with van der Waals surface area (Å²) >= 11 is 3.56. The Morgan fingerprint density at radius 1 is 0.971 bits per heavy atom. The Labute approximate surface area is 210 Å². The van der Waals surface area contributed by atoms with E-state index >= 15 is 0 Å². The van der Waals surface area contributed by atoms with Gasteiger partial charge in [-0.2, -0.15) is 5.10 Å². The maximum Gasteiger partial charge on any atom is 0.307 e. The molecule has 1 N–H and O–H groups in total. The molecule has 1 amide bonds. The number of para-hydroxylation sites is 1. The monoisotopic (exact) mass is 528 g/mol. The third-order valence-corrected chi connectivity index (χ3v) is 6.07. The summed E-state index contributed by atoms with van der Waals surface area (Å²) in [6.45, 7) is 0.390. The van der Waals surface area contributed by atoms with Gasteiger partial charge in [-0.15, -0.1) is 0 Å². The predicted octanol–water partition coefficient (Wildman–Crippen LogP) is 6.70. The van der Waals surface area contributed by atoms with Gasteiger partial charge in [-0.3, -0.25) is 4.79 Å². The minimum Gasteiger partial charge on any atom is -0.493 e. The molecule has 0 unspecified atom stereocenters. The zero-order valence-corrected chi connectivity index (χ0v) is 20.4. The quantitative estimate of drug-likeness (QED) is 0.188. The van der Waals surface area contributed by atoms with Crippen molar-refractivity contribution in [1.29, 1.82) is 0 Å². The molecule has 5 rings (SSSR count). The summed E-state index contributed by atoms with van der Waals surface area (Å²) in [7, 11) is 1.58. The second-order valence-corrected chi connectivity index (χ2v) is 8.71. The highest BCUT2D eigenvalue weighted by molar-refractivity contribution is 9.10. The average molecular weight is 529 g/mol. The summed E-state index contributed by atoms with van der Waals surface area (Å²) in [5, 5.41) is 7.26. The Hall–Kier alpha value is -4.10. The summed E-state index contributed by atoms with van der Waals surface area (Å²) in [6, 6.07) is 27.2. The van der Waals surface area contributed by atoms with Crippen LogP contribution in [-0.2, 0) is 6.61 Å².